The maximum Gasteiger partial charge on any atom is 0.416 e. The number of rotatable bonds is 3. The Labute approximate surface area is 175 Å². The third-order valence-corrected chi connectivity index (χ3v) is 7.34. The zero-order chi connectivity index (χ0) is 21.5. The molecular formula is C21H18ClF3N2O3. The second kappa shape index (κ2) is 6.33. The molecule has 0 spiro atoms. The first-order valence-corrected chi connectivity index (χ1v) is 10.2. The summed E-state index contributed by atoms with van der Waals surface area (Å²) in [5, 5.41) is 2.27. The van der Waals surface area contributed by atoms with Crippen LogP contribution in [0.2, 0.25) is 5.02 Å². The van der Waals surface area contributed by atoms with Crippen LogP contribution >= 0.6 is 11.6 Å². The number of hydrogen-bond donors (Lipinski definition) is 1. The monoisotopic (exact) mass is 438 g/mol. The predicted molar refractivity (Wildman–Crippen MR) is 101 cm³/mol. The van der Waals surface area contributed by atoms with Crippen LogP contribution in [0.4, 0.5) is 18.9 Å². The van der Waals surface area contributed by atoms with Crippen molar-refractivity contribution in [2.45, 2.75) is 25.6 Å². The Morgan fingerprint density at radius 2 is 1.70 bits per heavy atom. The largest absolute Gasteiger partial charge is 0.416 e. The number of likely N-dealkylation sites (tertiary alicyclic amines) is 1. The predicted octanol–water partition coefficient (Wildman–Crippen LogP) is 3.74. The van der Waals surface area contributed by atoms with E-state index >= 15 is 0 Å². The molecular weight excluding hydrogens is 421 g/mol. The molecule has 9 heteroatoms. The Morgan fingerprint density at radius 3 is 2.23 bits per heavy atom. The highest BCUT2D eigenvalue weighted by atomic mass is 35.5. The lowest BCUT2D eigenvalue weighted by Crippen LogP contribution is -2.46. The van der Waals surface area contributed by atoms with E-state index in [1.165, 1.54) is 6.92 Å². The molecule has 1 N–H and O–H groups in total. The topological polar surface area (TPSA) is 66.5 Å². The minimum Gasteiger partial charge on any atom is -0.323 e. The molecule has 158 valence electrons. The molecule has 3 fully saturated rings. The SMILES string of the molecule is C[C@H](C(=O)Nc1cc(C(F)(F)F)ccc1Cl)N1C(=O)[C@H]2[C@@H]3C=C[C@H]([C@H]4C[C@H]34)[C@@H]2C1=O. The van der Waals surface area contributed by atoms with Crippen molar-refractivity contribution in [3.8, 4) is 0 Å². The lowest BCUT2D eigenvalue weighted by Gasteiger charge is -2.37. The summed E-state index contributed by atoms with van der Waals surface area (Å²) in [6, 6.07) is 1.43. The van der Waals surface area contributed by atoms with Crippen molar-refractivity contribution in [2.24, 2.45) is 35.5 Å². The van der Waals surface area contributed by atoms with Gasteiger partial charge in [0.2, 0.25) is 17.7 Å². The standard InChI is InChI=1S/C21H18ClF3N2O3/c1-8(18(28)26-15-6-9(21(23,24)25)2-5-14(15)22)27-19(29)16-10-3-4-11(13-7-12(10)13)17(16)20(27)30/h2-6,8,10-13,16-17H,7H2,1H3,(H,26,28)/t8-,10-,11-,12-,13-,16+,17+/m1/s1. The van der Waals surface area contributed by atoms with Gasteiger partial charge < -0.3 is 5.32 Å². The minimum absolute atomic E-state index is 0.0274. The normalized spacial score (nSPS) is 34.6. The van der Waals surface area contributed by atoms with E-state index in [0.717, 1.165) is 29.5 Å². The van der Waals surface area contributed by atoms with Gasteiger partial charge >= 0.3 is 6.18 Å². The summed E-state index contributed by atoms with van der Waals surface area (Å²) >= 11 is 5.94. The van der Waals surface area contributed by atoms with E-state index in [4.69, 9.17) is 11.6 Å². The van der Waals surface area contributed by atoms with Gasteiger partial charge in [0, 0.05) is 0 Å². The van der Waals surface area contributed by atoms with E-state index < -0.39 is 35.5 Å². The first-order chi connectivity index (χ1) is 14.1. The van der Waals surface area contributed by atoms with Crippen LogP contribution < -0.4 is 5.32 Å². The number of nitrogens with one attached hydrogen (secondary N) is 1. The number of halogens is 4. The third-order valence-electron chi connectivity index (χ3n) is 7.02. The molecule has 1 heterocycles. The molecule has 1 saturated heterocycles. The Morgan fingerprint density at radius 1 is 1.13 bits per heavy atom. The van der Waals surface area contributed by atoms with Gasteiger partial charge in [0.25, 0.3) is 0 Å². The van der Waals surface area contributed by atoms with Gasteiger partial charge in [0.05, 0.1) is 28.1 Å². The van der Waals surface area contributed by atoms with Crippen molar-refractivity contribution in [3.63, 3.8) is 0 Å². The van der Waals surface area contributed by atoms with Crippen molar-refractivity contribution in [2.75, 3.05) is 5.32 Å². The van der Waals surface area contributed by atoms with Gasteiger partial charge in [-0.1, -0.05) is 23.8 Å². The van der Waals surface area contributed by atoms with Gasteiger partial charge in [0.15, 0.2) is 0 Å². The molecule has 6 rings (SSSR count). The van der Waals surface area contributed by atoms with Crippen molar-refractivity contribution >= 4 is 35.0 Å². The van der Waals surface area contributed by atoms with Crippen LogP contribution in [0, 0.1) is 35.5 Å². The number of hydrogen-bond acceptors (Lipinski definition) is 3. The number of anilines is 1. The van der Waals surface area contributed by atoms with Gasteiger partial charge in [-0.2, -0.15) is 13.2 Å². The van der Waals surface area contributed by atoms with Crippen LogP contribution in [-0.4, -0.2) is 28.7 Å². The number of amides is 3. The minimum atomic E-state index is -4.60. The molecule has 30 heavy (non-hydrogen) atoms. The van der Waals surface area contributed by atoms with Crippen LogP contribution in [0.1, 0.15) is 18.9 Å². The van der Waals surface area contributed by atoms with E-state index in [1.54, 1.807) is 0 Å². The van der Waals surface area contributed by atoms with Gasteiger partial charge in [-0.3, -0.25) is 19.3 Å². The summed E-state index contributed by atoms with van der Waals surface area (Å²) in [5.41, 5.74) is -1.18. The molecule has 2 bridgehead atoms. The Kier molecular flexibility index (Phi) is 4.13. The quantitative estimate of drug-likeness (QED) is 0.577. The van der Waals surface area contributed by atoms with Gasteiger partial charge in [-0.05, 0) is 55.2 Å². The lowest BCUT2D eigenvalue weighted by molar-refractivity contribution is -0.146. The van der Waals surface area contributed by atoms with Crippen molar-refractivity contribution in [3.05, 3.63) is 40.9 Å². The van der Waals surface area contributed by atoms with Crippen molar-refractivity contribution in [1.82, 2.24) is 4.90 Å². The van der Waals surface area contributed by atoms with E-state index in [0.29, 0.717) is 11.8 Å². The molecule has 3 amide bonds. The maximum atomic E-state index is 13.1. The zero-order valence-electron chi connectivity index (χ0n) is 15.8. The number of allylic oxidation sites excluding steroid dienone is 2. The second-order valence-electron chi connectivity index (χ2n) is 8.56. The van der Waals surface area contributed by atoms with Crippen molar-refractivity contribution in [1.29, 1.82) is 0 Å². The molecule has 4 aliphatic carbocycles. The van der Waals surface area contributed by atoms with E-state index in [2.05, 4.69) is 5.32 Å². The summed E-state index contributed by atoms with van der Waals surface area (Å²) in [5.74, 6) is -1.45. The summed E-state index contributed by atoms with van der Waals surface area (Å²) in [7, 11) is 0. The summed E-state index contributed by atoms with van der Waals surface area (Å²) in [6.45, 7) is 1.40. The Bertz CT molecular complexity index is 972. The van der Waals surface area contributed by atoms with Crippen LogP contribution in [0.15, 0.2) is 30.4 Å². The summed E-state index contributed by atoms with van der Waals surface area (Å²) in [6.07, 6.45) is 0.489. The first kappa shape index (κ1) is 19.6. The van der Waals surface area contributed by atoms with Crippen LogP contribution in [0.5, 0.6) is 0 Å². The van der Waals surface area contributed by atoms with E-state index in [1.807, 2.05) is 12.2 Å². The van der Waals surface area contributed by atoms with Crippen molar-refractivity contribution < 1.29 is 27.6 Å². The second-order valence-corrected chi connectivity index (χ2v) is 8.97. The average Bonchev–Trinajstić information content (AvgIpc) is 3.46. The van der Waals surface area contributed by atoms with Crippen LogP contribution in [0.25, 0.3) is 0 Å². The smallest absolute Gasteiger partial charge is 0.323 e. The van der Waals surface area contributed by atoms with Crippen LogP contribution in [0.3, 0.4) is 0 Å². The Hall–Kier alpha value is -2.35. The van der Waals surface area contributed by atoms with Gasteiger partial charge in [-0.15, -0.1) is 0 Å². The molecule has 5 aliphatic rings. The molecule has 0 unspecified atom stereocenters. The number of carbonyl (C=O) groups is 3. The maximum absolute atomic E-state index is 13.1. The highest BCUT2D eigenvalue weighted by molar-refractivity contribution is 6.33. The fourth-order valence-corrected chi connectivity index (χ4v) is 5.68. The number of imide groups is 1. The fraction of sp³-hybridized carbons (Fsp3) is 0.476. The summed E-state index contributed by atoms with van der Waals surface area (Å²) in [4.78, 5) is 39.9. The molecule has 2 saturated carbocycles. The number of alkyl halides is 3. The molecule has 5 nitrogen and oxygen atoms in total. The number of nitrogens with zero attached hydrogens (tertiary/aromatic N) is 1. The number of benzene rings is 1. The Balaban J connectivity index is 1.37. The molecule has 1 aromatic rings. The number of carbonyl (C=O) groups excluding carboxylic acids is 3. The van der Waals surface area contributed by atoms with Gasteiger partial charge in [0.1, 0.15) is 6.04 Å². The fourth-order valence-electron chi connectivity index (χ4n) is 5.51. The lowest BCUT2D eigenvalue weighted by atomic mass is 9.63. The molecule has 1 aromatic carbocycles. The van der Waals surface area contributed by atoms with E-state index in [-0.39, 0.29) is 34.4 Å². The van der Waals surface area contributed by atoms with E-state index in [9.17, 15) is 27.6 Å². The molecule has 7 atom stereocenters. The molecule has 0 aromatic heterocycles. The third kappa shape index (κ3) is 2.72. The van der Waals surface area contributed by atoms with Gasteiger partial charge in [-0.25, -0.2) is 0 Å². The highest BCUT2D eigenvalue weighted by Gasteiger charge is 2.67. The average molecular weight is 439 g/mol. The highest BCUT2D eigenvalue weighted by Crippen LogP contribution is 2.65. The zero-order valence-corrected chi connectivity index (χ0v) is 16.6. The molecule has 1 aliphatic heterocycles. The molecule has 0 radical (unpaired) electrons. The summed E-state index contributed by atoms with van der Waals surface area (Å²) < 4.78 is 38.9. The first-order valence-electron chi connectivity index (χ1n) is 9.82. The van der Waals surface area contributed by atoms with Crippen LogP contribution in [-0.2, 0) is 20.6 Å².